The molecular formula is C27H33N3O3S. The van der Waals surface area contributed by atoms with Gasteiger partial charge in [-0.1, -0.05) is 31.2 Å². The van der Waals surface area contributed by atoms with Crippen LogP contribution in [0.25, 0.3) is 21.7 Å². The van der Waals surface area contributed by atoms with Gasteiger partial charge in [-0.15, -0.1) is 11.3 Å². The van der Waals surface area contributed by atoms with E-state index in [4.69, 9.17) is 0 Å². The predicted octanol–water partition coefficient (Wildman–Crippen LogP) is 6.56. The van der Waals surface area contributed by atoms with Crippen LogP contribution in [-0.4, -0.2) is 32.6 Å². The molecule has 180 valence electrons. The van der Waals surface area contributed by atoms with E-state index in [2.05, 4.69) is 23.4 Å². The summed E-state index contributed by atoms with van der Waals surface area (Å²) in [5.41, 5.74) is 3.56. The molecule has 2 aromatic heterocycles. The Morgan fingerprint density at radius 3 is 2.38 bits per heavy atom. The summed E-state index contributed by atoms with van der Waals surface area (Å²) in [6.45, 7) is 9.06. The van der Waals surface area contributed by atoms with Crippen LogP contribution in [0.15, 0.2) is 42.9 Å². The van der Waals surface area contributed by atoms with Gasteiger partial charge in [-0.3, -0.25) is 4.79 Å². The second-order valence-corrected chi connectivity index (χ2v) is 10.6. The first kappa shape index (κ1) is 24.2. The van der Waals surface area contributed by atoms with Crippen LogP contribution in [0.4, 0.5) is 5.69 Å². The SMILES string of the molecule is CCn1cncc1-c1ccc(-c2cc(N(C(=O)C3CCC(C)CC3)C(C)C)c(C(=O)O)s2)cc1. The molecule has 1 amide bonds. The number of aromatic nitrogens is 2. The zero-order valence-corrected chi connectivity index (χ0v) is 21.1. The van der Waals surface area contributed by atoms with E-state index in [0.717, 1.165) is 53.9 Å². The number of aryl methyl sites for hydroxylation is 1. The summed E-state index contributed by atoms with van der Waals surface area (Å²) in [5.74, 6) is -0.327. The normalized spacial score (nSPS) is 18.3. The van der Waals surface area contributed by atoms with E-state index in [-0.39, 0.29) is 22.7 Å². The summed E-state index contributed by atoms with van der Waals surface area (Å²) in [6.07, 6.45) is 7.51. The molecule has 2 heterocycles. The summed E-state index contributed by atoms with van der Waals surface area (Å²) < 4.78 is 2.08. The molecular weight excluding hydrogens is 446 g/mol. The van der Waals surface area contributed by atoms with Crippen molar-refractivity contribution in [3.05, 3.63) is 47.7 Å². The van der Waals surface area contributed by atoms with Crippen LogP contribution in [0.2, 0.25) is 0 Å². The molecule has 1 saturated carbocycles. The molecule has 0 radical (unpaired) electrons. The Morgan fingerprint density at radius 2 is 1.79 bits per heavy atom. The molecule has 34 heavy (non-hydrogen) atoms. The molecule has 0 atom stereocenters. The van der Waals surface area contributed by atoms with Crippen LogP contribution in [0.3, 0.4) is 0 Å². The third-order valence-electron chi connectivity index (χ3n) is 6.80. The molecule has 3 aromatic rings. The highest BCUT2D eigenvalue weighted by atomic mass is 32.1. The maximum Gasteiger partial charge on any atom is 0.348 e. The number of carboxylic acid groups (broad SMARTS) is 1. The summed E-state index contributed by atoms with van der Waals surface area (Å²) in [5, 5.41) is 9.97. The second-order valence-electron chi connectivity index (χ2n) is 9.53. The smallest absolute Gasteiger partial charge is 0.348 e. The topological polar surface area (TPSA) is 75.4 Å². The lowest BCUT2D eigenvalue weighted by Crippen LogP contribution is -2.42. The van der Waals surface area contributed by atoms with E-state index >= 15 is 0 Å². The molecule has 1 aromatic carbocycles. The molecule has 0 aliphatic heterocycles. The lowest BCUT2D eigenvalue weighted by molar-refractivity contribution is -0.123. The van der Waals surface area contributed by atoms with Crippen molar-refractivity contribution in [1.82, 2.24) is 9.55 Å². The minimum absolute atomic E-state index is 0.0358. The summed E-state index contributed by atoms with van der Waals surface area (Å²) in [4.78, 5) is 32.7. The first-order chi connectivity index (χ1) is 16.3. The standard InChI is InChI=1S/C27H33N3O3S/c1-5-29-16-28-15-23(29)19-10-12-20(13-11-19)24-14-22(25(34-24)27(32)33)30(17(2)3)26(31)21-8-6-18(4)7-9-21/h10-18,21H,5-9H2,1-4H3,(H,32,33). The fraction of sp³-hybridized carbons (Fsp3) is 0.444. The Kier molecular flexibility index (Phi) is 7.22. The van der Waals surface area contributed by atoms with Crippen LogP contribution in [0, 0.1) is 11.8 Å². The zero-order chi connectivity index (χ0) is 24.4. The van der Waals surface area contributed by atoms with Gasteiger partial charge in [0.05, 0.1) is 23.9 Å². The number of carbonyl (C=O) groups is 2. The lowest BCUT2D eigenvalue weighted by Gasteiger charge is -2.33. The first-order valence-electron chi connectivity index (χ1n) is 12.1. The molecule has 1 aliphatic rings. The van der Waals surface area contributed by atoms with E-state index in [1.807, 2.05) is 56.7 Å². The third-order valence-corrected chi connectivity index (χ3v) is 7.96. The van der Waals surface area contributed by atoms with Crippen molar-refractivity contribution in [3.8, 4) is 21.7 Å². The Bertz CT molecular complexity index is 1150. The fourth-order valence-electron chi connectivity index (χ4n) is 4.83. The number of benzene rings is 1. The molecule has 0 unspecified atom stereocenters. The van der Waals surface area contributed by atoms with Crippen LogP contribution >= 0.6 is 11.3 Å². The average Bonchev–Trinajstić information content (AvgIpc) is 3.47. The Morgan fingerprint density at radius 1 is 1.15 bits per heavy atom. The largest absolute Gasteiger partial charge is 0.477 e. The number of hydrogen-bond acceptors (Lipinski definition) is 4. The molecule has 0 bridgehead atoms. The minimum atomic E-state index is -0.995. The van der Waals surface area contributed by atoms with Gasteiger partial charge in [0.15, 0.2) is 0 Å². The number of imidazole rings is 1. The van der Waals surface area contributed by atoms with Crippen molar-refractivity contribution >= 4 is 28.9 Å². The van der Waals surface area contributed by atoms with Gasteiger partial charge < -0.3 is 14.6 Å². The minimum Gasteiger partial charge on any atom is -0.477 e. The highest BCUT2D eigenvalue weighted by Crippen LogP contribution is 2.40. The van der Waals surface area contributed by atoms with Gasteiger partial charge in [-0.2, -0.15) is 0 Å². The zero-order valence-electron chi connectivity index (χ0n) is 20.3. The number of carboxylic acids is 1. The number of aromatic carboxylic acids is 1. The molecule has 1 N–H and O–H groups in total. The molecule has 6 nitrogen and oxygen atoms in total. The number of carbonyl (C=O) groups excluding carboxylic acids is 1. The van der Waals surface area contributed by atoms with Gasteiger partial charge >= 0.3 is 5.97 Å². The van der Waals surface area contributed by atoms with E-state index in [1.54, 1.807) is 4.90 Å². The van der Waals surface area contributed by atoms with E-state index < -0.39 is 5.97 Å². The highest BCUT2D eigenvalue weighted by Gasteiger charge is 2.33. The van der Waals surface area contributed by atoms with Crippen molar-refractivity contribution in [1.29, 1.82) is 0 Å². The maximum atomic E-state index is 13.5. The third kappa shape index (κ3) is 4.80. The molecule has 4 rings (SSSR count). The van der Waals surface area contributed by atoms with Crippen molar-refractivity contribution in [2.75, 3.05) is 4.90 Å². The first-order valence-corrected chi connectivity index (χ1v) is 12.9. The summed E-state index contributed by atoms with van der Waals surface area (Å²) in [6, 6.07) is 9.84. The van der Waals surface area contributed by atoms with Crippen LogP contribution < -0.4 is 4.90 Å². The lowest BCUT2D eigenvalue weighted by atomic mass is 9.82. The van der Waals surface area contributed by atoms with Crippen molar-refractivity contribution in [2.45, 2.75) is 66.0 Å². The maximum absolute atomic E-state index is 13.5. The number of nitrogens with zero attached hydrogens (tertiary/aromatic N) is 3. The molecule has 0 spiro atoms. The van der Waals surface area contributed by atoms with Gasteiger partial charge in [-0.25, -0.2) is 9.78 Å². The second kappa shape index (κ2) is 10.1. The Hall–Kier alpha value is -2.93. The molecule has 7 heteroatoms. The fourth-order valence-corrected chi connectivity index (χ4v) is 5.82. The molecule has 1 aliphatic carbocycles. The monoisotopic (exact) mass is 479 g/mol. The van der Waals surface area contributed by atoms with Gasteiger partial charge in [0.25, 0.3) is 0 Å². The van der Waals surface area contributed by atoms with E-state index in [1.165, 1.54) is 11.3 Å². The van der Waals surface area contributed by atoms with Crippen molar-refractivity contribution in [2.24, 2.45) is 11.8 Å². The molecule has 0 saturated heterocycles. The number of hydrogen-bond donors (Lipinski definition) is 1. The molecule has 1 fully saturated rings. The number of thiophene rings is 1. The van der Waals surface area contributed by atoms with Gasteiger partial charge in [0.1, 0.15) is 4.88 Å². The number of anilines is 1. The average molecular weight is 480 g/mol. The quantitative estimate of drug-likeness (QED) is 0.416. The van der Waals surface area contributed by atoms with Crippen LogP contribution in [0.1, 0.15) is 63.0 Å². The van der Waals surface area contributed by atoms with E-state index in [9.17, 15) is 14.7 Å². The van der Waals surface area contributed by atoms with Crippen LogP contribution in [-0.2, 0) is 11.3 Å². The summed E-state index contributed by atoms with van der Waals surface area (Å²) >= 11 is 1.23. The summed E-state index contributed by atoms with van der Waals surface area (Å²) in [7, 11) is 0. The van der Waals surface area contributed by atoms with Gasteiger partial charge in [-0.05, 0) is 69.6 Å². The van der Waals surface area contributed by atoms with Crippen molar-refractivity contribution in [3.63, 3.8) is 0 Å². The number of rotatable bonds is 7. The predicted molar refractivity (Wildman–Crippen MR) is 137 cm³/mol. The van der Waals surface area contributed by atoms with Crippen molar-refractivity contribution < 1.29 is 14.7 Å². The Labute approximate surface area is 205 Å². The number of amides is 1. The van der Waals surface area contributed by atoms with Gasteiger partial charge in [0.2, 0.25) is 5.91 Å². The van der Waals surface area contributed by atoms with Crippen LogP contribution in [0.5, 0.6) is 0 Å². The highest BCUT2D eigenvalue weighted by molar-refractivity contribution is 7.18. The Balaban J connectivity index is 1.67. The van der Waals surface area contributed by atoms with E-state index in [0.29, 0.717) is 11.6 Å². The van der Waals surface area contributed by atoms with Gasteiger partial charge in [0, 0.05) is 23.4 Å².